The van der Waals surface area contributed by atoms with Crippen molar-refractivity contribution < 1.29 is 13.6 Å². The summed E-state index contributed by atoms with van der Waals surface area (Å²) >= 11 is 5.76. The Labute approximate surface area is 205 Å². The largest absolute Gasteiger partial charge is 0.352 e. The van der Waals surface area contributed by atoms with Gasteiger partial charge < -0.3 is 10.2 Å². The second-order valence-corrected chi connectivity index (χ2v) is 8.89. The van der Waals surface area contributed by atoms with Crippen molar-refractivity contribution in [3.8, 4) is 0 Å². The van der Waals surface area contributed by atoms with Gasteiger partial charge in [-0.25, -0.2) is 8.78 Å². The number of aromatic nitrogens is 1. The molecule has 1 aromatic heterocycles. The van der Waals surface area contributed by atoms with Crippen LogP contribution in [0.15, 0.2) is 36.5 Å². The topological polar surface area (TPSA) is 45.2 Å². The van der Waals surface area contributed by atoms with E-state index in [9.17, 15) is 9.18 Å². The van der Waals surface area contributed by atoms with E-state index in [0.29, 0.717) is 5.69 Å². The molecule has 1 saturated heterocycles. The number of aryl methyl sites for hydroxylation is 1. The SMILES string of the molecule is [B]C1([B])CN(C(=O)c2ccc(F)c(Cl)c2)C([B])([B])C([B])([B])C1(F)CNCc1ccc(C)cn1. The van der Waals surface area contributed by atoms with Crippen molar-refractivity contribution in [3.05, 3.63) is 64.2 Å². The second kappa shape index (κ2) is 8.84. The Bertz CT molecular complexity index is 1060. The molecule has 0 saturated carbocycles. The lowest BCUT2D eigenvalue weighted by atomic mass is 9.21. The van der Waals surface area contributed by atoms with Gasteiger partial charge in [-0.1, -0.05) is 22.9 Å². The van der Waals surface area contributed by atoms with Gasteiger partial charge in [0.25, 0.3) is 5.91 Å². The summed E-state index contributed by atoms with van der Waals surface area (Å²) in [5.41, 5.74) is -1.29. The fourth-order valence-electron chi connectivity index (χ4n) is 3.75. The molecule has 2 heterocycles. The number of piperidine rings is 1. The number of rotatable bonds is 5. The lowest BCUT2D eigenvalue weighted by Gasteiger charge is -2.68. The minimum Gasteiger partial charge on any atom is -0.352 e. The smallest absolute Gasteiger partial charge is 0.252 e. The van der Waals surface area contributed by atoms with Gasteiger partial charge in [-0.2, -0.15) is 0 Å². The normalized spacial score (nSPS) is 23.2. The fraction of sp³-hybridized carbons (Fsp3) is 0.400. The van der Waals surface area contributed by atoms with Crippen LogP contribution in [0, 0.1) is 12.7 Å². The average molecular weight is 453 g/mol. The quantitative estimate of drug-likeness (QED) is 0.690. The van der Waals surface area contributed by atoms with E-state index in [2.05, 4.69) is 10.3 Å². The molecule has 156 valence electrons. The summed E-state index contributed by atoms with van der Waals surface area (Å²) in [6, 6.07) is 6.79. The standard InChI is InChI=1S/C20H16B6ClF2N3O/c1-11-2-4-13(31-7-11)8-30-9-17(29)18(21,22)10-32(20(25,26)19(17,23)24)16(33)12-3-5-15(28)14(27)6-12/h2-7,30H,8-10H2,1H3. The Balaban J connectivity index is 1.89. The third kappa shape index (κ3) is 4.41. The van der Waals surface area contributed by atoms with E-state index in [1.54, 1.807) is 12.3 Å². The minimum atomic E-state index is -2.77. The number of halogens is 3. The molecule has 33 heavy (non-hydrogen) atoms. The van der Waals surface area contributed by atoms with Gasteiger partial charge in [0.15, 0.2) is 0 Å². The highest BCUT2D eigenvalue weighted by Gasteiger charge is 2.64. The summed E-state index contributed by atoms with van der Waals surface area (Å²) in [5, 5.41) is -4.80. The van der Waals surface area contributed by atoms with E-state index in [0.717, 1.165) is 28.7 Å². The van der Waals surface area contributed by atoms with Gasteiger partial charge in [0.2, 0.25) is 0 Å². The van der Waals surface area contributed by atoms with Crippen molar-refractivity contribution in [1.82, 2.24) is 15.2 Å². The number of carbonyl (C=O) groups excluding carboxylic acids is 1. The van der Waals surface area contributed by atoms with E-state index in [1.807, 2.05) is 13.0 Å². The molecule has 12 radical (unpaired) electrons. The maximum atomic E-state index is 16.4. The zero-order valence-electron chi connectivity index (χ0n) is 18.0. The molecule has 1 aliphatic heterocycles. The van der Waals surface area contributed by atoms with E-state index in [4.69, 9.17) is 58.7 Å². The van der Waals surface area contributed by atoms with Crippen molar-refractivity contribution in [2.75, 3.05) is 13.1 Å². The molecule has 1 aromatic carbocycles. The van der Waals surface area contributed by atoms with Gasteiger partial charge in [-0.3, -0.25) is 9.78 Å². The predicted molar refractivity (Wildman–Crippen MR) is 130 cm³/mol. The average Bonchev–Trinajstić information content (AvgIpc) is 2.73. The molecule has 0 aliphatic carbocycles. The molecular weight excluding hydrogens is 437 g/mol. The molecule has 1 N–H and O–H groups in total. The van der Waals surface area contributed by atoms with Crippen LogP contribution in [0.25, 0.3) is 0 Å². The zero-order chi connectivity index (χ0) is 24.8. The number of nitrogens with zero attached hydrogens (tertiary/aromatic N) is 2. The number of pyridine rings is 1. The van der Waals surface area contributed by atoms with Gasteiger partial charge in [0.05, 0.1) is 57.8 Å². The van der Waals surface area contributed by atoms with Gasteiger partial charge in [-0.15, -0.1) is 0 Å². The van der Waals surface area contributed by atoms with E-state index in [1.165, 1.54) is 0 Å². The summed E-state index contributed by atoms with van der Waals surface area (Å²) in [6.07, 6.45) is 1.66. The summed E-state index contributed by atoms with van der Waals surface area (Å²) in [7, 11) is 36.7. The van der Waals surface area contributed by atoms with E-state index >= 15 is 4.39 Å². The molecule has 3 rings (SSSR count). The molecular formula is C20H16B6ClF2N3O. The maximum absolute atomic E-state index is 16.4. The van der Waals surface area contributed by atoms with Crippen molar-refractivity contribution in [3.63, 3.8) is 0 Å². The fourth-order valence-corrected chi connectivity index (χ4v) is 3.93. The number of alkyl halides is 1. The molecule has 0 bridgehead atoms. The van der Waals surface area contributed by atoms with Crippen LogP contribution in [-0.4, -0.2) is 87.0 Å². The first-order valence-electron chi connectivity index (χ1n) is 9.95. The van der Waals surface area contributed by atoms with Gasteiger partial charge in [0.1, 0.15) is 11.5 Å². The predicted octanol–water partition coefficient (Wildman–Crippen LogP) is 1.03. The van der Waals surface area contributed by atoms with Crippen LogP contribution >= 0.6 is 11.6 Å². The Morgan fingerprint density at radius 1 is 1.18 bits per heavy atom. The summed E-state index contributed by atoms with van der Waals surface area (Å²) in [6.45, 7) is 0.844. The molecule has 2 aromatic rings. The lowest BCUT2D eigenvalue weighted by molar-refractivity contribution is 0.00360. The van der Waals surface area contributed by atoms with Crippen molar-refractivity contribution in [2.45, 2.75) is 34.9 Å². The maximum Gasteiger partial charge on any atom is 0.252 e. The number of benzene rings is 1. The molecule has 0 spiro atoms. The summed E-state index contributed by atoms with van der Waals surface area (Å²) in [5.74, 6) is -1.60. The number of amides is 1. The van der Waals surface area contributed by atoms with Crippen LogP contribution in [0.5, 0.6) is 0 Å². The molecule has 4 nitrogen and oxygen atoms in total. The van der Waals surface area contributed by atoms with E-state index < -0.39 is 46.2 Å². The molecule has 1 amide bonds. The van der Waals surface area contributed by atoms with Crippen molar-refractivity contribution in [2.24, 2.45) is 0 Å². The highest BCUT2D eigenvalue weighted by Crippen LogP contribution is 2.59. The first-order valence-corrected chi connectivity index (χ1v) is 10.3. The lowest BCUT2D eigenvalue weighted by Crippen LogP contribution is -2.77. The number of hydrogen-bond donors (Lipinski definition) is 1. The van der Waals surface area contributed by atoms with Gasteiger partial charge >= 0.3 is 0 Å². The molecule has 1 fully saturated rings. The van der Waals surface area contributed by atoms with Gasteiger partial charge in [0, 0.05) is 31.4 Å². The summed E-state index contributed by atoms with van der Waals surface area (Å²) in [4.78, 5) is 18.1. The van der Waals surface area contributed by atoms with Crippen LogP contribution in [0.3, 0.4) is 0 Å². The van der Waals surface area contributed by atoms with Crippen LogP contribution in [0.2, 0.25) is 15.5 Å². The molecule has 1 aliphatic rings. The number of nitrogens with one attached hydrogen (secondary N) is 1. The first kappa shape index (κ1) is 26.0. The molecule has 1 atom stereocenters. The van der Waals surface area contributed by atoms with Crippen LogP contribution in [0.4, 0.5) is 8.78 Å². The highest BCUT2D eigenvalue weighted by atomic mass is 35.5. The third-order valence-corrected chi connectivity index (χ3v) is 6.27. The Morgan fingerprint density at radius 3 is 2.42 bits per heavy atom. The van der Waals surface area contributed by atoms with Crippen LogP contribution in [-0.2, 0) is 6.54 Å². The first-order chi connectivity index (χ1) is 15.1. The van der Waals surface area contributed by atoms with Crippen LogP contribution in [0.1, 0.15) is 21.6 Å². The Morgan fingerprint density at radius 2 is 1.85 bits per heavy atom. The Kier molecular flexibility index (Phi) is 6.96. The van der Waals surface area contributed by atoms with Crippen LogP contribution < -0.4 is 5.32 Å². The minimum absolute atomic E-state index is 0.0943. The van der Waals surface area contributed by atoms with Crippen molar-refractivity contribution >= 4 is 64.6 Å². The summed E-state index contributed by atoms with van der Waals surface area (Å²) < 4.78 is 29.9. The number of carbonyl (C=O) groups is 1. The number of hydrogen-bond acceptors (Lipinski definition) is 3. The molecule has 13 heteroatoms. The third-order valence-electron chi connectivity index (χ3n) is 5.98. The van der Waals surface area contributed by atoms with Gasteiger partial charge in [-0.05, 0) is 47.3 Å². The highest BCUT2D eigenvalue weighted by molar-refractivity contribution is 6.57. The monoisotopic (exact) mass is 453 g/mol. The zero-order valence-corrected chi connectivity index (χ0v) is 18.7. The van der Waals surface area contributed by atoms with Crippen molar-refractivity contribution in [1.29, 1.82) is 0 Å². The second-order valence-electron chi connectivity index (χ2n) is 8.49. The number of likely N-dealkylation sites (tertiary alicyclic amines) is 1. The Hall–Kier alpha value is -1.66. The molecule has 1 unspecified atom stereocenters. The van der Waals surface area contributed by atoms with E-state index in [-0.39, 0.29) is 17.1 Å².